The fourth-order valence-electron chi connectivity index (χ4n) is 3.55. The first-order valence-corrected chi connectivity index (χ1v) is 12.4. The average molecular weight is 491 g/mol. The maximum atomic E-state index is 12.7. The van der Waals surface area contributed by atoms with Crippen LogP contribution in [0, 0.1) is 0 Å². The van der Waals surface area contributed by atoms with E-state index in [-0.39, 0.29) is 34.0 Å². The van der Waals surface area contributed by atoms with Crippen molar-refractivity contribution >= 4 is 56.2 Å². The van der Waals surface area contributed by atoms with Crippen LogP contribution >= 0.6 is 22.9 Å². The van der Waals surface area contributed by atoms with Gasteiger partial charge in [0.2, 0.25) is 0 Å². The molecule has 0 saturated carbocycles. The van der Waals surface area contributed by atoms with Crippen molar-refractivity contribution in [2.75, 3.05) is 16.2 Å². The summed E-state index contributed by atoms with van der Waals surface area (Å²) in [6.45, 7) is 1.56. The molecule has 0 aliphatic carbocycles. The lowest BCUT2D eigenvalue weighted by Crippen LogP contribution is -2.38. The number of halogens is 1. The quantitative estimate of drug-likeness (QED) is 0.519. The van der Waals surface area contributed by atoms with E-state index in [4.69, 9.17) is 16.3 Å². The van der Waals surface area contributed by atoms with Gasteiger partial charge in [0, 0.05) is 17.4 Å². The summed E-state index contributed by atoms with van der Waals surface area (Å²) >= 11 is 6.74. The molecular formula is C22H19ClN2O5S2. The average Bonchev–Trinajstić information content (AvgIpc) is 3.35. The van der Waals surface area contributed by atoms with E-state index < -0.39 is 16.0 Å². The van der Waals surface area contributed by atoms with E-state index in [1.165, 1.54) is 36.4 Å². The Balaban J connectivity index is 1.37. The van der Waals surface area contributed by atoms with E-state index in [1.807, 2.05) is 31.2 Å². The molecule has 2 aromatic carbocycles. The maximum absolute atomic E-state index is 12.7. The largest absolute Gasteiger partial charge is 0.452 e. The van der Waals surface area contributed by atoms with Crippen molar-refractivity contribution in [3.63, 3.8) is 0 Å². The SMILES string of the molecule is CC1Cc2ccccc2N1C(=O)COC(=O)c1ccc(NS(=O)(=O)c2ccc(Cl)s2)cc1. The molecule has 1 aliphatic rings. The standard InChI is InChI=1S/C22H19ClN2O5S2/c1-14-12-16-4-2-3-5-18(16)25(14)20(26)13-30-22(27)15-6-8-17(9-7-15)24-32(28,29)21-11-10-19(23)31-21/h2-11,14,24H,12-13H2,1H3. The second kappa shape index (κ2) is 8.93. The van der Waals surface area contributed by atoms with Gasteiger partial charge in [-0.1, -0.05) is 29.8 Å². The number of nitrogens with zero attached hydrogens (tertiary/aromatic N) is 1. The molecule has 0 spiro atoms. The third-order valence-corrected chi connectivity index (χ3v) is 8.09. The second-order valence-corrected chi connectivity index (χ2v) is 10.9. The number of sulfonamides is 1. The number of ether oxygens (including phenoxy) is 1. The fourth-order valence-corrected chi connectivity index (χ4v) is 6.09. The molecule has 0 radical (unpaired) electrons. The maximum Gasteiger partial charge on any atom is 0.338 e. The summed E-state index contributed by atoms with van der Waals surface area (Å²) in [5.41, 5.74) is 2.41. The number of hydrogen-bond donors (Lipinski definition) is 1. The molecule has 32 heavy (non-hydrogen) atoms. The molecule has 1 atom stereocenters. The van der Waals surface area contributed by atoms with Crippen molar-refractivity contribution in [2.45, 2.75) is 23.6 Å². The molecule has 10 heteroatoms. The van der Waals surface area contributed by atoms with Crippen LogP contribution in [-0.2, 0) is 26.0 Å². The number of nitrogens with one attached hydrogen (secondary N) is 1. The minimum atomic E-state index is -3.77. The summed E-state index contributed by atoms with van der Waals surface area (Å²) in [7, 11) is -3.77. The number of carbonyl (C=O) groups is 2. The number of rotatable bonds is 6. The zero-order valence-electron chi connectivity index (χ0n) is 16.9. The smallest absolute Gasteiger partial charge is 0.338 e. The number of amides is 1. The van der Waals surface area contributed by atoms with Gasteiger partial charge in [-0.05, 0) is 61.4 Å². The highest BCUT2D eigenvalue weighted by molar-refractivity contribution is 7.94. The van der Waals surface area contributed by atoms with Crippen LogP contribution in [-0.4, -0.2) is 32.9 Å². The van der Waals surface area contributed by atoms with Crippen LogP contribution in [0.25, 0.3) is 0 Å². The van der Waals surface area contributed by atoms with Crippen LogP contribution in [0.15, 0.2) is 64.9 Å². The van der Waals surface area contributed by atoms with Gasteiger partial charge in [-0.3, -0.25) is 9.52 Å². The van der Waals surface area contributed by atoms with Gasteiger partial charge < -0.3 is 9.64 Å². The van der Waals surface area contributed by atoms with E-state index in [0.29, 0.717) is 4.34 Å². The Bertz CT molecular complexity index is 1270. The van der Waals surface area contributed by atoms with E-state index in [9.17, 15) is 18.0 Å². The Kier molecular flexibility index (Phi) is 6.23. The number of anilines is 2. The van der Waals surface area contributed by atoms with Crippen LogP contribution in [0.3, 0.4) is 0 Å². The molecule has 166 valence electrons. The molecule has 0 saturated heterocycles. The molecule has 0 fully saturated rings. The highest BCUT2D eigenvalue weighted by Crippen LogP contribution is 2.32. The number of thiophene rings is 1. The highest BCUT2D eigenvalue weighted by Gasteiger charge is 2.31. The third-order valence-electron chi connectivity index (χ3n) is 4.99. The summed E-state index contributed by atoms with van der Waals surface area (Å²) in [5.74, 6) is -0.965. The van der Waals surface area contributed by atoms with Crippen molar-refractivity contribution in [3.05, 3.63) is 76.1 Å². The molecule has 1 amide bonds. The molecular weight excluding hydrogens is 472 g/mol. The summed E-state index contributed by atoms with van der Waals surface area (Å²) in [6, 6.07) is 16.3. The van der Waals surface area contributed by atoms with Crippen molar-refractivity contribution in [1.82, 2.24) is 0 Å². The second-order valence-electron chi connectivity index (χ2n) is 7.26. The first kappa shape index (κ1) is 22.3. The van der Waals surface area contributed by atoms with Gasteiger partial charge in [-0.25, -0.2) is 13.2 Å². The lowest BCUT2D eigenvalue weighted by Gasteiger charge is -2.22. The first-order chi connectivity index (χ1) is 15.2. The van der Waals surface area contributed by atoms with Gasteiger partial charge in [0.25, 0.3) is 15.9 Å². The number of para-hydroxylation sites is 1. The summed E-state index contributed by atoms with van der Waals surface area (Å²) in [4.78, 5) is 26.7. The van der Waals surface area contributed by atoms with Crippen LogP contribution in [0.1, 0.15) is 22.8 Å². The van der Waals surface area contributed by atoms with Crippen molar-refractivity contribution < 1.29 is 22.7 Å². The minimum Gasteiger partial charge on any atom is -0.452 e. The number of fused-ring (bicyclic) bond motifs is 1. The van der Waals surface area contributed by atoms with Gasteiger partial charge in [0.05, 0.1) is 9.90 Å². The number of hydrogen-bond acceptors (Lipinski definition) is 6. The van der Waals surface area contributed by atoms with Crippen LogP contribution in [0.5, 0.6) is 0 Å². The van der Waals surface area contributed by atoms with Crippen molar-refractivity contribution in [3.8, 4) is 0 Å². The molecule has 7 nitrogen and oxygen atoms in total. The Labute approximate surface area is 194 Å². The topological polar surface area (TPSA) is 92.8 Å². The predicted octanol–water partition coefficient (Wildman–Crippen LogP) is 4.34. The van der Waals surface area contributed by atoms with Crippen LogP contribution in [0.4, 0.5) is 11.4 Å². The van der Waals surface area contributed by atoms with Crippen LogP contribution < -0.4 is 9.62 Å². The van der Waals surface area contributed by atoms with Crippen LogP contribution in [0.2, 0.25) is 4.34 Å². The van der Waals surface area contributed by atoms with Gasteiger partial charge >= 0.3 is 5.97 Å². The summed E-state index contributed by atoms with van der Waals surface area (Å²) in [5, 5.41) is 0. The molecule has 1 N–H and O–H groups in total. The molecule has 1 unspecified atom stereocenters. The third kappa shape index (κ3) is 4.64. The predicted molar refractivity (Wildman–Crippen MR) is 124 cm³/mol. The van der Waals surface area contributed by atoms with E-state index in [2.05, 4.69) is 4.72 Å². The minimum absolute atomic E-state index is 0.0101. The van der Waals surface area contributed by atoms with E-state index in [1.54, 1.807) is 4.90 Å². The molecule has 1 aromatic heterocycles. The highest BCUT2D eigenvalue weighted by atomic mass is 35.5. The van der Waals surface area contributed by atoms with Gasteiger partial charge in [-0.15, -0.1) is 11.3 Å². The first-order valence-electron chi connectivity index (χ1n) is 9.70. The molecule has 0 bridgehead atoms. The summed E-state index contributed by atoms with van der Waals surface area (Å²) in [6.07, 6.45) is 0.755. The monoisotopic (exact) mass is 490 g/mol. The molecule has 2 heterocycles. The zero-order valence-corrected chi connectivity index (χ0v) is 19.3. The normalized spacial score (nSPS) is 15.3. The zero-order chi connectivity index (χ0) is 22.9. The Morgan fingerprint density at radius 2 is 1.84 bits per heavy atom. The lowest BCUT2D eigenvalue weighted by atomic mass is 10.1. The van der Waals surface area contributed by atoms with Gasteiger partial charge in [-0.2, -0.15) is 0 Å². The van der Waals surface area contributed by atoms with Gasteiger partial charge in [0.1, 0.15) is 4.21 Å². The lowest BCUT2D eigenvalue weighted by molar-refractivity contribution is -0.122. The number of carbonyl (C=O) groups excluding carboxylic acids is 2. The Morgan fingerprint density at radius 1 is 1.12 bits per heavy atom. The van der Waals surface area contributed by atoms with Crippen molar-refractivity contribution in [1.29, 1.82) is 0 Å². The fraction of sp³-hybridized carbons (Fsp3) is 0.182. The van der Waals surface area contributed by atoms with E-state index in [0.717, 1.165) is 29.0 Å². The number of esters is 1. The Hall–Kier alpha value is -2.88. The Morgan fingerprint density at radius 3 is 2.53 bits per heavy atom. The molecule has 1 aliphatic heterocycles. The molecule has 3 aromatic rings. The number of benzene rings is 2. The van der Waals surface area contributed by atoms with Gasteiger partial charge in [0.15, 0.2) is 6.61 Å². The van der Waals surface area contributed by atoms with E-state index >= 15 is 0 Å². The molecule has 4 rings (SSSR count). The van der Waals surface area contributed by atoms with Crippen molar-refractivity contribution in [2.24, 2.45) is 0 Å². The summed E-state index contributed by atoms with van der Waals surface area (Å²) < 4.78 is 32.8.